The van der Waals surface area contributed by atoms with Gasteiger partial charge in [-0.05, 0) is 108 Å². The van der Waals surface area contributed by atoms with Crippen LogP contribution in [0.5, 0.6) is 0 Å². The van der Waals surface area contributed by atoms with Crippen LogP contribution in [0, 0.1) is 0 Å². The Balaban J connectivity index is 1.09. The van der Waals surface area contributed by atoms with Gasteiger partial charge in [0.25, 0.3) is 0 Å². The monoisotopic (exact) mass is 689 g/mol. The summed E-state index contributed by atoms with van der Waals surface area (Å²) in [7, 11) is 0. The van der Waals surface area contributed by atoms with Gasteiger partial charge in [-0.25, -0.2) is 0 Å². The SMILES string of the molecule is CC1(C)c2cc(-c3cccc4ccccc34)ccc2-c2c1cc(N(c1ccccc1)c1ccc(-c3ccc(-c4ccccc4)cc3)cc1)c1ccccc21. The Hall–Kier alpha value is -6.70. The summed E-state index contributed by atoms with van der Waals surface area (Å²) in [5, 5.41) is 5.08. The molecule has 10 rings (SSSR count). The molecule has 1 aliphatic rings. The van der Waals surface area contributed by atoms with Crippen molar-refractivity contribution in [2.45, 2.75) is 19.3 Å². The number of rotatable bonds is 6. The zero-order valence-electron chi connectivity index (χ0n) is 30.5. The van der Waals surface area contributed by atoms with E-state index < -0.39 is 0 Å². The molecule has 0 saturated heterocycles. The molecule has 0 heterocycles. The van der Waals surface area contributed by atoms with E-state index in [9.17, 15) is 0 Å². The van der Waals surface area contributed by atoms with Gasteiger partial charge in [0.15, 0.2) is 0 Å². The molecule has 0 N–H and O–H groups in total. The fourth-order valence-electron chi connectivity index (χ4n) is 8.69. The Labute approximate surface area is 317 Å². The second-order valence-corrected chi connectivity index (χ2v) is 14.9. The highest BCUT2D eigenvalue weighted by molar-refractivity contribution is 6.10. The maximum absolute atomic E-state index is 2.47. The molecule has 9 aromatic carbocycles. The van der Waals surface area contributed by atoms with Crippen LogP contribution >= 0.6 is 0 Å². The van der Waals surface area contributed by atoms with Gasteiger partial charge < -0.3 is 4.90 Å². The molecule has 0 fully saturated rings. The molecule has 9 aromatic rings. The highest BCUT2D eigenvalue weighted by Gasteiger charge is 2.38. The van der Waals surface area contributed by atoms with Crippen molar-refractivity contribution >= 4 is 38.6 Å². The first-order valence-electron chi connectivity index (χ1n) is 18.8. The third-order valence-corrected chi connectivity index (χ3v) is 11.5. The van der Waals surface area contributed by atoms with Crippen molar-refractivity contribution in [3.8, 4) is 44.5 Å². The van der Waals surface area contributed by atoms with Gasteiger partial charge in [-0.3, -0.25) is 0 Å². The highest BCUT2D eigenvalue weighted by atomic mass is 15.1. The van der Waals surface area contributed by atoms with E-state index in [1.54, 1.807) is 0 Å². The van der Waals surface area contributed by atoms with E-state index in [2.05, 4.69) is 219 Å². The summed E-state index contributed by atoms with van der Waals surface area (Å²) in [4.78, 5) is 2.44. The van der Waals surface area contributed by atoms with E-state index in [4.69, 9.17) is 0 Å². The first-order chi connectivity index (χ1) is 26.5. The van der Waals surface area contributed by atoms with Crippen LogP contribution in [-0.2, 0) is 5.41 Å². The lowest BCUT2D eigenvalue weighted by Gasteiger charge is -2.30. The van der Waals surface area contributed by atoms with E-state index in [-0.39, 0.29) is 5.41 Å². The minimum atomic E-state index is -0.206. The summed E-state index contributed by atoms with van der Waals surface area (Å²) in [6.07, 6.45) is 0. The van der Waals surface area contributed by atoms with Gasteiger partial charge in [0, 0.05) is 22.2 Å². The van der Waals surface area contributed by atoms with E-state index in [1.165, 1.54) is 82.9 Å². The highest BCUT2D eigenvalue weighted by Crippen LogP contribution is 2.55. The quantitative estimate of drug-likeness (QED) is 0.168. The van der Waals surface area contributed by atoms with Crippen molar-refractivity contribution in [2.24, 2.45) is 0 Å². The number of nitrogens with zero attached hydrogens (tertiary/aromatic N) is 1. The van der Waals surface area contributed by atoms with Gasteiger partial charge in [0.05, 0.1) is 5.69 Å². The Morgan fingerprint density at radius 1 is 0.352 bits per heavy atom. The number of hydrogen-bond donors (Lipinski definition) is 0. The average Bonchev–Trinajstić information content (AvgIpc) is 3.47. The Morgan fingerprint density at radius 3 is 1.57 bits per heavy atom. The zero-order valence-corrected chi connectivity index (χ0v) is 30.5. The summed E-state index contributed by atoms with van der Waals surface area (Å²) in [6.45, 7) is 4.79. The van der Waals surface area contributed by atoms with E-state index >= 15 is 0 Å². The maximum atomic E-state index is 2.47. The molecule has 0 saturated carbocycles. The van der Waals surface area contributed by atoms with Crippen LogP contribution in [-0.4, -0.2) is 0 Å². The van der Waals surface area contributed by atoms with Crippen molar-refractivity contribution in [2.75, 3.05) is 4.90 Å². The molecule has 0 radical (unpaired) electrons. The summed E-state index contributed by atoms with van der Waals surface area (Å²) >= 11 is 0. The van der Waals surface area contributed by atoms with Crippen LogP contribution in [0.2, 0.25) is 0 Å². The molecular weight excluding hydrogens is 651 g/mol. The molecule has 0 amide bonds. The minimum Gasteiger partial charge on any atom is -0.310 e. The third kappa shape index (κ3) is 5.24. The molecule has 0 unspecified atom stereocenters. The fourth-order valence-corrected chi connectivity index (χ4v) is 8.69. The van der Waals surface area contributed by atoms with E-state index in [0.717, 1.165) is 11.4 Å². The average molecular weight is 690 g/mol. The Bertz CT molecular complexity index is 2810. The van der Waals surface area contributed by atoms with Crippen molar-refractivity contribution in [1.82, 2.24) is 0 Å². The van der Waals surface area contributed by atoms with Gasteiger partial charge in [-0.15, -0.1) is 0 Å². The van der Waals surface area contributed by atoms with Crippen molar-refractivity contribution < 1.29 is 0 Å². The van der Waals surface area contributed by atoms with Crippen LogP contribution < -0.4 is 4.90 Å². The smallest absolute Gasteiger partial charge is 0.0543 e. The number of hydrogen-bond acceptors (Lipinski definition) is 1. The molecule has 1 heteroatoms. The van der Waals surface area contributed by atoms with Gasteiger partial charge in [-0.2, -0.15) is 0 Å². The van der Waals surface area contributed by atoms with Crippen molar-refractivity contribution in [3.63, 3.8) is 0 Å². The van der Waals surface area contributed by atoms with Crippen LogP contribution in [0.4, 0.5) is 17.1 Å². The predicted molar refractivity (Wildman–Crippen MR) is 230 cm³/mol. The third-order valence-electron chi connectivity index (χ3n) is 11.5. The van der Waals surface area contributed by atoms with Gasteiger partial charge in [0.1, 0.15) is 0 Å². The minimum absolute atomic E-state index is 0.206. The van der Waals surface area contributed by atoms with Crippen LogP contribution in [0.15, 0.2) is 200 Å². The number of para-hydroxylation sites is 1. The molecule has 0 aliphatic heterocycles. The Morgan fingerprint density at radius 2 is 0.870 bits per heavy atom. The molecule has 1 aliphatic carbocycles. The molecule has 1 nitrogen and oxygen atoms in total. The molecular formula is C53H39N. The van der Waals surface area contributed by atoms with E-state index in [1.807, 2.05) is 0 Å². The second-order valence-electron chi connectivity index (χ2n) is 14.9. The number of benzene rings is 9. The number of fused-ring (bicyclic) bond motifs is 6. The first kappa shape index (κ1) is 32.0. The van der Waals surface area contributed by atoms with Gasteiger partial charge in [-0.1, -0.05) is 178 Å². The largest absolute Gasteiger partial charge is 0.310 e. The topological polar surface area (TPSA) is 3.24 Å². The van der Waals surface area contributed by atoms with Crippen LogP contribution in [0.25, 0.3) is 66.1 Å². The fraction of sp³-hybridized carbons (Fsp3) is 0.0566. The lowest BCUT2D eigenvalue weighted by Crippen LogP contribution is -2.17. The molecule has 0 spiro atoms. The second kappa shape index (κ2) is 12.8. The predicted octanol–water partition coefficient (Wildman–Crippen LogP) is 14.8. The maximum Gasteiger partial charge on any atom is 0.0543 e. The van der Waals surface area contributed by atoms with Crippen molar-refractivity contribution in [3.05, 3.63) is 211 Å². The lowest BCUT2D eigenvalue weighted by atomic mass is 9.80. The molecule has 54 heavy (non-hydrogen) atoms. The first-order valence-corrected chi connectivity index (χ1v) is 18.8. The zero-order chi connectivity index (χ0) is 36.2. The summed E-state index contributed by atoms with van der Waals surface area (Å²) in [5.41, 5.74) is 16.1. The van der Waals surface area contributed by atoms with Gasteiger partial charge in [0.2, 0.25) is 0 Å². The summed E-state index contributed by atoms with van der Waals surface area (Å²) in [5.74, 6) is 0. The molecule has 0 atom stereocenters. The van der Waals surface area contributed by atoms with Gasteiger partial charge >= 0.3 is 0 Å². The van der Waals surface area contributed by atoms with Crippen LogP contribution in [0.1, 0.15) is 25.0 Å². The number of anilines is 3. The molecule has 0 bridgehead atoms. The lowest BCUT2D eigenvalue weighted by molar-refractivity contribution is 0.661. The standard InChI is InChI=1S/C53H39N/c1-53(2)49-34-41(45-23-13-17-40-16-9-10-20-44(40)45)30-33-48(49)52-47-22-12-11-21-46(47)51(35-50(52)53)54(42-18-7-4-8-19-42)43-31-28-39(29-32-43)38-26-24-37(25-27-38)36-14-5-3-6-15-36/h3-35H,1-2H3. The normalized spacial score (nSPS) is 12.8. The summed E-state index contributed by atoms with van der Waals surface area (Å²) < 4.78 is 0. The Kier molecular flexibility index (Phi) is 7.56. The van der Waals surface area contributed by atoms with Crippen molar-refractivity contribution in [1.29, 1.82) is 0 Å². The summed E-state index contributed by atoms with van der Waals surface area (Å²) in [6, 6.07) is 73.2. The molecule has 0 aromatic heterocycles. The van der Waals surface area contributed by atoms with Crippen LogP contribution in [0.3, 0.4) is 0 Å². The molecule has 256 valence electrons. The van der Waals surface area contributed by atoms with E-state index in [0.29, 0.717) is 0 Å².